The predicted molar refractivity (Wildman–Crippen MR) is 53.0 cm³/mol. The second-order valence-corrected chi connectivity index (χ2v) is 3.05. The van der Waals surface area contributed by atoms with E-state index in [2.05, 4.69) is 36.2 Å². The smallest absolute Gasteiger partial charge is 0.0208 e. The molecule has 1 nitrogen and oxygen atoms in total. The maximum absolute atomic E-state index is 3.82. The predicted octanol–water partition coefficient (Wildman–Crippen LogP) is 2.35. The first-order valence-corrected chi connectivity index (χ1v) is 4.18. The van der Waals surface area contributed by atoms with Gasteiger partial charge in [-0.1, -0.05) is 42.5 Å². The zero-order valence-electron chi connectivity index (χ0n) is 7.51. The van der Waals surface area contributed by atoms with Crippen molar-refractivity contribution in [3.8, 4) is 0 Å². The van der Waals surface area contributed by atoms with Crippen LogP contribution in [0.4, 0.5) is 0 Å². The van der Waals surface area contributed by atoms with Crippen molar-refractivity contribution in [3.63, 3.8) is 0 Å². The average molecular weight is 161 g/mol. The lowest BCUT2D eigenvalue weighted by molar-refractivity contribution is 0.741. The number of rotatable bonds is 4. The summed E-state index contributed by atoms with van der Waals surface area (Å²) < 4.78 is 0. The number of hydrogen-bond acceptors (Lipinski definition) is 1. The lowest BCUT2D eigenvalue weighted by Gasteiger charge is -2.03. The van der Waals surface area contributed by atoms with Crippen molar-refractivity contribution < 1.29 is 0 Å². The standard InChI is InChI=1S/C11H15N/c1-10(2)8-12-9-11-6-4-3-5-7-11/h3-7,12H,1,8-9H2,2H3. The van der Waals surface area contributed by atoms with Crippen molar-refractivity contribution in [1.82, 2.24) is 5.32 Å². The number of hydrogen-bond donors (Lipinski definition) is 1. The maximum Gasteiger partial charge on any atom is 0.0208 e. The van der Waals surface area contributed by atoms with E-state index in [1.54, 1.807) is 0 Å². The molecule has 0 fully saturated rings. The molecule has 1 aromatic rings. The first kappa shape index (κ1) is 9.01. The van der Waals surface area contributed by atoms with Gasteiger partial charge in [0.2, 0.25) is 0 Å². The highest BCUT2D eigenvalue weighted by molar-refractivity contribution is 5.14. The summed E-state index contributed by atoms with van der Waals surface area (Å²) in [6.45, 7) is 7.67. The summed E-state index contributed by atoms with van der Waals surface area (Å²) in [6.07, 6.45) is 0. The molecule has 0 spiro atoms. The van der Waals surface area contributed by atoms with E-state index in [-0.39, 0.29) is 0 Å². The van der Waals surface area contributed by atoms with Crippen molar-refractivity contribution >= 4 is 0 Å². The molecular weight excluding hydrogens is 146 g/mol. The fourth-order valence-corrected chi connectivity index (χ4v) is 1.02. The van der Waals surface area contributed by atoms with E-state index in [0.29, 0.717) is 0 Å². The molecule has 0 bridgehead atoms. The molecule has 0 amide bonds. The van der Waals surface area contributed by atoms with Crippen LogP contribution in [0.5, 0.6) is 0 Å². The van der Waals surface area contributed by atoms with Gasteiger partial charge in [-0.2, -0.15) is 0 Å². The Morgan fingerprint density at radius 1 is 1.33 bits per heavy atom. The molecule has 0 atom stereocenters. The van der Waals surface area contributed by atoms with Crippen molar-refractivity contribution in [3.05, 3.63) is 48.0 Å². The van der Waals surface area contributed by atoms with Gasteiger partial charge in [-0.05, 0) is 12.5 Å². The fraction of sp³-hybridized carbons (Fsp3) is 0.273. The minimum Gasteiger partial charge on any atom is -0.309 e. The van der Waals surface area contributed by atoms with Gasteiger partial charge in [0.15, 0.2) is 0 Å². The highest BCUT2D eigenvalue weighted by Gasteiger charge is 1.89. The van der Waals surface area contributed by atoms with E-state index in [9.17, 15) is 0 Å². The first-order valence-electron chi connectivity index (χ1n) is 4.18. The Hall–Kier alpha value is -1.08. The first-order chi connectivity index (χ1) is 5.79. The molecule has 1 heteroatoms. The van der Waals surface area contributed by atoms with E-state index >= 15 is 0 Å². The minimum absolute atomic E-state index is 0.898. The van der Waals surface area contributed by atoms with Crippen molar-refractivity contribution in [2.75, 3.05) is 6.54 Å². The van der Waals surface area contributed by atoms with Gasteiger partial charge in [0, 0.05) is 13.1 Å². The van der Waals surface area contributed by atoms with Crippen LogP contribution in [0.25, 0.3) is 0 Å². The lowest BCUT2D eigenvalue weighted by atomic mass is 10.2. The zero-order chi connectivity index (χ0) is 8.81. The summed E-state index contributed by atoms with van der Waals surface area (Å²) >= 11 is 0. The average Bonchev–Trinajstić information content (AvgIpc) is 2.05. The van der Waals surface area contributed by atoms with Crippen LogP contribution in [0.15, 0.2) is 42.5 Å². The molecule has 1 rings (SSSR count). The highest BCUT2D eigenvalue weighted by Crippen LogP contribution is 1.97. The third-order valence-electron chi connectivity index (χ3n) is 1.60. The summed E-state index contributed by atoms with van der Waals surface area (Å²) in [5, 5.41) is 3.30. The molecule has 0 aromatic heterocycles. The van der Waals surface area contributed by atoms with Gasteiger partial charge in [-0.3, -0.25) is 0 Å². The normalized spacial score (nSPS) is 9.75. The molecule has 12 heavy (non-hydrogen) atoms. The molecule has 1 aromatic carbocycles. The van der Waals surface area contributed by atoms with Gasteiger partial charge < -0.3 is 5.32 Å². The molecule has 0 saturated heterocycles. The van der Waals surface area contributed by atoms with Crippen LogP contribution >= 0.6 is 0 Å². The van der Waals surface area contributed by atoms with E-state index in [1.807, 2.05) is 13.0 Å². The molecule has 0 radical (unpaired) electrons. The molecule has 0 aliphatic carbocycles. The fourth-order valence-electron chi connectivity index (χ4n) is 1.02. The Balaban J connectivity index is 2.29. The zero-order valence-corrected chi connectivity index (χ0v) is 7.51. The number of benzene rings is 1. The molecule has 0 aliphatic heterocycles. The Morgan fingerprint density at radius 3 is 2.58 bits per heavy atom. The maximum atomic E-state index is 3.82. The second-order valence-electron chi connectivity index (χ2n) is 3.05. The quantitative estimate of drug-likeness (QED) is 0.668. The van der Waals surface area contributed by atoms with Crippen LogP contribution in [0.1, 0.15) is 12.5 Å². The van der Waals surface area contributed by atoms with Crippen molar-refractivity contribution in [1.29, 1.82) is 0 Å². The molecular formula is C11H15N. The van der Waals surface area contributed by atoms with Gasteiger partial charge in [0.05, 0.1) is 0 Å². The van der Waals surface area contributed by atoms with Crippen LogP contribution in [-0.2, 0) is 6.54 Å². The Kier molecular flexibility index (Phi) is 3.55. The highest BCUT2D eigenvalue weighted by atomic mass is 14.8. The summed E-state index contributed by atoms with van der Waals surface area (Å²) in [4.78, 5) is 0. The summed E-state index contributed by atoms with van der Waals surface area (Å²) in [5.74, 6) is 0. The lowest BCUT2D eigenvalue weighted by Crippen LogP contribution is -2.14. The summed E-state index contributed by atoms with van der Waals surface area (Å²) in [6, 6.07) is 10.4. The third-order valence-corrected chi connectivity index (χ3v) is 1.60. The molecule has 0 unspecified atom stereocenters. The Bertz CT molecular complexity index is 238. The van der Waals surface area contributed by atoms with E-state index in [1.165, 1.54) is 11.1 Å². The second kappa shape index (κ2) is 4.73. The summed E-state index contributed by atoms with van der Waals surface area (Å²) in [7, 11) is 0. The minimum atomic E-state index is 0.898. The van der Waals surface area contributed by atoms with Crippen LogP contribution in [0.2, 0.25) is 0 Å². The molecule has 0 saturated carbocycles. The van der Waals surface area contributed by atoms with Crippen LogP contribution in [-0.4, -0.2) is 6.54 Å². The van der Waals surface area contributed by atoms with Crippen molar-refractivity contribution in [2.24, 2.45) is 0 Å². The van der Waals surface area contributed by atoms with Gasteiger partial charge in [-0.15, -0.1) is 0 Å². The van der Waals surface area contributed by atoms with Gasteiger partial charge in [-0.25, -0.2) is 0 Å². The molecule has 1 N–H and O–H groups in total. The van der Waals surface area contributed by atoms with Gasteiger partial charge >= 0.3 is 0 Å². The van der Waals surface area contributed by atoms with Crippen LogP contribution < -0.4 is 5.32 Å². The van der Waals surface area contributed by atoms with Crippen LogP contribution in [0.3, 0.4) is 0 Å². The largest absolute Gasteiger partial charge is 0.309 e. The Morgan fingerprint density at radius 2 is 2.00 bits per heavy atom. The van der Waals surface area contributed by atoms with Crippen molar-refractivity contribution in [2.45, 2.75) is 13.5 Å². The molecule has 0 aliphatic rings. The van der Waals surface area contributed by atoms with E-state index in [4.69, 9.17) is 0 Å². The SMILES string of the molecule is C=C(C)CNCc1ccccc1. The van der Waals surface area contributed by atoms with E-state index < -0.39 is 0 Å². The van der Waals surface area contributed by atoms with Gasteiger partial charge in [0.1, 0.15) is 0 Å². The Labute approximate surface area is 74.1 Å². The third kappa shape index (κ3) is 3.35. The number of nitrogens with one attached hydrogen (secondary N) is 1. The topological polar surface area (TPSA) is 12.0 Å². The molecule has 64 valence electrons. The van der Waals surface area contributed by atoms with E-state index in [0.717, 1.165) is 13.1 Å². The summed E-state index contributed by atoms with van der Waals surface area (Å²) in [5.41, 5.74) is 2.49. The van der Waals surface area contributed by atoms with Crippen LogP contribution in [0, 0.1) is 0 Å². The molecule has 0 heterocycles. The van der Waals surface area contributed by atoms with Gasteiger partial charge in [0.25, 0.3) is 0 Å². The monoisotopic (exact) mass is 161 g/mol.